The highest BCUT2D eigenvalue weighted by atomic mass is 35.5. The maximum absolute atomic E-state index is 13.2. The third-order valence-corrected chi connectivity index (χ3v) is 4.94. The van der Waals surface area contributed by atoms with E-state index in [1.807, 2.05) is 61.5 Å². The van der Waals surface area contributed by atoms with E-state index in [4.69, 9.17) is 26.1 Å². The lowest BCUT2D eigenvalue weighted by Gasteiger charge is -2.15. The summed E-state index contributed by atoms with van der Waals surface area (Å²) in [6.07, 6.45) is 0. The van der Waals surface area contributed by atoms with E-state index in [1.54, 1.807) is 22.8 Å². The van der Waals surface area contributed by atoms with Crippen molar-refractivity contribution in [1.29, 1.82) is 0 Å². The number of hydrogen-bond acceptors (Lipinski definition) is 4. The summed E-state index contributed by atoms with van der Waals surface area (Å²) >= 11 is 6.04. The Labute approximate surface area is 179 Å². The second-order valence-corrected chi connectivity index (χ2v) is 7.08. The molecule has 0 N–H and O–H groups in total. The van der Waals surface area contributed by atoms with Crippen molar-refractivity contribution in [2.45, 2.75) is 13.5 Å². The second kappa shape index (κ2) is 9.01. The maximum atomic E-state index is 13.2. The summed E-state index contributed by atoms with van der Waals surface area (Å²) in [6, 6.07) is 22.2. The minimum atomic E-state index is -0.104. The first-order valence-corrected chi connectivity index (χ1v) is 10.2. The van der Waals surface area contributed by atoms with Crippen LogP contribution in [0.4, 0.5) is 0 Å². The first-order valence-electron chi connectivity index (χ1n) is 9.77. The molecule has 0 saturated carbocycles. The van der Waals surface area contributed by atoms with E-state index in [9.17, 15) is 4.79 Å². The maximum Gasteiger partial charge on any atom is 0.261 e. The zero-order chi connectivity index (χ0) is 20.9. The average Bonchev–Trinajstić information content (AvgIpc) is 2.77. The minimum Gasteiger partial charge on any atom is -0.490 e. The fourth-order valence-corrected chi connectivity index (χ4v) is 3.41. The predicted octanol–water partition coefficient (Wildman–Crippen LogP) is 5.19. The van der Waals surface area contributed by atoms with Crippen molar-refractivity contribution in [3.63, 3.8) is 0 Å². The van der Waals surface area contributed by atoms with E-state index >= 15 is 0 Å². The molecule has 1 aromatic heterocycles. The van der Waals surface area contributed by atoms with Crippen molar-refractivity contribution in [1.82, 2.24) is 9.55 Å². The molecule has 0 aliphatic carbocycles. The molecule has 4 aromatic rings. The van der Waals surface area contributed by atoms with Crippen molar-refractivity contribution >= 4 is 22.5 Å². The van der Waals surface area contributed by atoms with Crippen LogP contribution in [0.3, 0.4) is 0 Å². The molecule has 152 valence electrons. The lowest BCUT2D eigenvalue weighted by molar-refractivity contribution is 0.266. The Morgan fingerprint density at radius 3 is 2.30 bits per heavy atom. The van der Waals surface area contributed by atoms with Crippen LogP contribution in [-0.4, -0.2) is 22.8 Å². The number of benzene rings is 3. The largest absolute Gasteiger partial charge is 0.490 e. The smallest absolute Gasteiger partial charge is 0.261 e. The standard InChI is InChI=1S/C24H21ClN2O3/c1-2-29-21-9-5-6-10-22(21)30-16-15-27-23(17-11-13-18(25)14-12-17)26-20-8-4-3-7-19(20)24(27)28/h3-14H,2,15-16H2,1H3. The number of hydrogen-bond donors (Lipinski definition) is 0. The number of ether oxygens (including phenoxy) is 2. The molecule has 5 nitrogen and oxygen atoms in total. The molecule has 0 bridgehead atoms. The lowest BCUT2D eigenvalue weighted by atomic mass is 10.2. The molecule has 0 aliphatic heterocycles. The number of rotatable bonds is 7. The molecule has 0 spiro atoms. The third kappa shape index (κ3) is 4.16. The van der Waals surface area contributed by atoms with Crippen LogP contribution in [0, 0.1) is 0 Å². The first-order chi connectivity index (χ1) is 14.7. The van der Waals surface area contributed by atoms with Gasteiger partial charge in [-0.25, -0.2) is 4.98 Å². The summed E-state index contributed by atoms with van der Waals surface area (Å²) in [6.45, 7) is 3.12. The lowest BCUT2D eigenvalue weighted by Crippen LogP contribution is -2.26. The highest BCUT2D eigenvalue weighted by molar-refractivity contribution is 6.30. The summed E-state index contributed by atoms with van der Waals surface area (Å²) in [4.78, 5) is 18.0. The highest BCUT2D eigenvalue weighted by Gasteiger charge is 2.13. The van der Waals surface area contributed by atoms with Crippen molar-refractivity contribution in [2.75, 3.05) is 13.2 Å². The van der Waals surface area contributed by atoms with Crippen LogP contribution < -0.4 is 15.0 Å². The van der Waals surface area contributed by atoms with E-state index in [0.29, 0.717) is 53.0 Å². The van der Waals surface area contributed by atoms with Crippen LogP contribution in [0.25, 0.3) is 22.3 Å². The molecule has 0 amide bonds. The van der Waals surface area contributed by atoms with Gasteiger partial charge in [-0.2, -0.15) is 0 Å². The number of aromatic nitrogens is 2. The van der Waals surface area contributed by atoms with Gasteiger partial charge in [0.1, 0.15) is 12.4 Å². The van der Waals surface area contributed by atoms with Crippen molar-refractivity contribution < 1.29 is 9.47 Å². The molecular formula is C24H21ClN2O3. The molecule has 0 radical (unpaired) electrons. The Balaban J connectivity index is 1.69. The first kappa shape index (κ1) is 20.0. The topological polar surface area (TPSA) is 53.4 Å². The van der Waals surface area contributed by atoms with Gasteiger partial charge in [-0.3, -0.25) is 9.36 Å². The van der Waals surface area contributed by atoms with Gasteiger partial charge in [0.2, 0.25) is 0 Å². The molecule has 0 aliphatic rings. The quantitative estimate of drug-likeness (QED) is 0.412. The molecule has 0 unspecified atom stereocenters. The molecule has 0 atom stereocenters. The number of para-hydroxylation sites is 3. The molecule has 1 heterocycles. The molecule has 0 fully saturated rings. The zero-order valence-corrected chi connectivity index (χ0v) is 17.3. The van der Waals surface area contributed by atoms with Crippen LogP contribution in [0.15, 0.2) is 77.6 Å². The van der Waals surface area contributed by atoms with Crippen molar-refractivity contribution in [2.24, 2.45) is 0 Å². The van der Waals surface area contributed by atoms with Crippen molar-refractivity contribution in [3.05, 3.63) is 88.2 Å². The van der Waals surface area contributed by atoms with Crippen LogP contribution in [0.5, 0.6) is 11.5 Å². The van der Waals surface area contributed by atoms with Gasteiger partial charge in [0, 0.05) is 10.6 Å². The Morgan fingerprint density at radius 1 is 0.900 bits per heavy atom. The van der Waals surface area contributed by atoms with E-state index < -0.39 is 0 Å². The van der Waals surface area contributed by atoms with Crippen LogP contribution in [0.1, 0.15) is 6.92 Å². The number of nitrogens with zero attached hydrogens (tertiary/aromatic N) is 2. The SMILES string of the molecule is CCOc1ccccc1OCCn1c(-c2ccc(Cl)cc2)nc2ccccc2c1=O. The molecule has 4 rings (SSSR count). The van der Waals surface area contributed by atoms with Gasteiger partial charge < -0.3 is 9.47 Å². The summed E-state index contributed by atoms with van der Waals surface area (Å²) in [7, 11) is 0. The third-order valence-electron chi connectivity index (χ3n) is 4.69. The van der Waals surface area contributed by atoms with Crippen LogP contribution in [0.2, 0.25) is 5.02 Å². The monoisotopic (exact) mass is 420 g/mol. The highest BCUT2D eigenvalue weighted by Crippen LogP contribution is 2.26. The van der Waals surface area contributed by atoms with Gasteiger partial charge in [0.05, 0.1) is 24.1 Å². The van der Waals surface area contributed by atoms with E-state index in [-0.39, 0.29) is 5.56 Å². The summed E-state index contributed by atoms with van der Waals surface area (Å²) in [5.41, 5.74) is 1.37. The van der Waals surface area contributed by atoms with Crippen LogP contribution >= 0.6 is 11.6 Å². The summed E-state index contributed by atoms with van der Waals surface area (Å²) < 4.78 is 13.2. The minimum absolute atomic E-state index is 0.104. The molecule has 30 heavy (non-hydrogen) atoms. The molecule has 6 heteroatoms. The van der Waals surface area contributed by atoms with Gasteiger partial charge in [0.15, 0.2) is 11.5 Å². The second-order valence-electron chi connectivity index (χ2n) is 6.64. The van der Waals surface area contributed by atoms with Gasteiger partial charge >= 0.3 is 0 Å². The van der Waals surface area contributed by atoms with E-state index in [1.165, 1.54) is 0 Å². The average molecular weight is 421 g/mol. The van der Waals surface area contributed by atoms with Crippen molar-refractivity contribution in [3.8, 4) is 22.9 Å². The van der Waals surface area contributed by atoms with Gasteiger partial charge in [-0.1, -0.05) is 35.9 Å². The summed E-state index contributed by atoms with van der Waals surface area (Å²) in [5.74, 6) is 1.91. The van der Waals surface area contributed by atoms with Gasteiger partial charge in [0.25, 0.3) is 5.56 Å². The normalized spacial score (nSPS) is 10.9. The Hall–Kier alpha value is -3.31. The number of halogens is 1. The summed E-state index contributed by atoms with van der Waals surface area (Å²) in [5, 5.41) is 1.20. The fraction of sp³-hybridized carbons (Fsp3) is 0.167. The van der Waals surface area contributed by atoms with E-state index in [0.717, 1.165) is 5.56 Å². The fourth-order valence-electron chi connectivity index (χ4n) is 3.29. The van der Waals surface area contributed by atoms with E-state index in [2.05, 4.69) is 0 Å². The number of fused-ring (bicyclic) bond motifs is 1. The molecule has 0 saturated heterocycles. The Morgan fingerprint density at radius 2 is 1.57 bits per heavy atom. The Bertz CT molecular complexity index is 1220. The molecular weight excluding hydrogens is 400 g/mol. The predicted molar refractivity (Wildman–Crippen MR) is 120 cm³/mol. The van der Waals surface area contributed by atoms with Gasteiger partial charge in [-0.15, -0.1) is 0 Å². The van der Waals surface area contributed by atoms with Crippen LogP contribution in [-0.2, 0) is 6.54 Å². The molecule has 3 aromatic carbocycles. The van der Waals surface area contributed by atoms with Gasteiger partial charge in [-0.05, 0) is 55.5 Å². The Kier molecular flexibility index (Phi) is 6.00. The zero-order valence-electron chi connectivity index (χ0n) is 16.5.